The smallest absolute Gasteiger partial charge is 0.0701 e. The molecular weight excluding hydrogens is 210 g/mol. The fourth-order valence-electron chi connectivity index (χ4n) is 1.02. The lowest BCUT2D eigenvalue weighted by molar-refractivity contribution is 0.00739. The summed E-state index contributed by atoms with van der Waals surface area (Å²) in [4.78, 5) is 0. The molecule has 0 aliphatic rings. The fourth-order valence-corrected chi connectivity index (χ4v) is 1.02. The van der Waals surface area contributed by atoms with Crippen molar-refractivity contribution in [2.45, 2.75) is 18.9 Å². The van der Waals surface area contributed by atoms with Gasteiger partial charge in [-0.1, -0.05) is 0 Å². The Balaban J connectivity index is 3.26. The molecule has 1 unspecified atom stereocenters. The Morgan fingerprint density at radius 3 is 2.38 bits per heavy atom. The van der Waals surface area contributed by atoms with Crippen molar-refractivity contribution in [2.24, 2.45) is 0 Å². The molecule has 5 heteroatoms. The van der Waals surface area contributed by atoms with E-state index in [0.29, 0.717) is 26.4 Å². The highest BCUT2D eigenvalue weighted by atomic mass is 16.5. The van der Waals surface area contributed by atoms with E-state index < -0.39 is 0 Å². The van der Waals surface area contributed by atoms with Gasteiger partial charge >= 0.3 is 0 Å². The van der Waals surface area contributed by atoms with Gasteiger partial charge in [-0.25, -0.2) is 0 Å². The minimum atomic E-state index is -0.365. The SMILES string of the molecule is CNC(C)(CO)COCCOCCCOC. The van der Waals surface area contributed by atoms with Crippen LogP contribution in [0, 0.1) is 0 Å². The van der Waals surface area contributed by atoms with Crippen molar-refractivity contribution in [1.29, 1.82) is 0 Å². The lowest BCUT2D eigenvalue weighted by Gasteiger charge is -2.26. The first kappa shape index (κ1) is 15.8. The number of aliphatic hydroxyl groups is 1. The van der Waals surface area contributed by atoms with Gasteiger partial charge in [0.05, 0.1) is 32.0 Å². The molecule has 0 radical (unpaired) electrons. The van der Waals surface area contributed by atoms with Crippen LogP contribution in [0.3, 0.4) is 0 Å². The summed E-state index contributed by atoms with van der Waals surface area (Å²) in [5.41, 5.74) is -0.365. The third-order valence-electron chi connectivity index (χ3n) is 2.38. The van der Waals surface area contributed by atoms with Crippen LogP contribution in [0.4, 0.5) is 0 Å². The Bertz CT molecular complexity index is 151. The third-order valence-corrected chi connectivity index (χ3v) is 2.38. The highest BCUT2D eigenvalue weighted by Gasteiger charge is 2.20. The zero-order valence-corrected chi connectivity index (χ0v) is 10.6. The molecule has 0 aromatic carbocycles. The Labute approximate surface area is 98.1 Å². The predicted octanol–water partition coefficient (Wildman–Crippen LogP) is 0.0265. The van der Waals surface area contributed by atoms with E-state index >= 15 is 0 Å². The number of rotatable bonds is 11. The van der Waals surface area contributed by atoms with Gasteiger partial charge < -0.3 is 24.6 Å². The molecule has 0 saturated carbocycles. The normalized spacial score (nSPS) is 15.0. The van der Waals surface area contributed by atoms with Gasteiger partial charge in [-0.05, 0) is 20.4 Å². The number of aliphatic hydroxyl groups excluding tert-OH is 1. The maximum atomic E-state index is 9.10. The average molecular weight is 235 g/mol. The maximum Gasteiger partial charge on any atom is 0.0701 e. The van der Waals surface area contributed by atoms with Gasteiger partial charge in [0.15, 0.2) is 0 Å². The zero-order valence-electron chi connectivity index (χ0n) is 10.6. The number of likely N-dealkylation sites (N-methyl/N-ethyl adjacent to an activating group) is 1. The average Bonchev–Trinajstić information content (AvgIpc) is 2.32. The molecule has 0 heterocycles. The summed E-state index contributed by atoms with van der Waals surface area (Å²) in [7, 11) is 3.48. The van der Waals surface area contributed by atoms with Crippen molar-refractivity contribution in [3.63, 3.8) is 0 Å². The van der Waals surface area contributed by atoms with Gasteiger partial charge in [0.2, 0.25) is 0 Å². The van der Waals surface area contributed by atoms with Gasteiger partial charge in [-0.3, -0.25) is 0 Å². The first-order valence-electron chi connectivity index (χ1n) is 5.62. The zero-order chi connectivity index (χ0) is 12.3. The summed E-state index contributed by atoms with van der Waals surface area (Å²) in [5.74, 6) is 0. The van der Waals surface area contributed by atoms with Crippen molar-refractivity contribution in [3.05, 3.63) is 0 Å². The second kappa shape index (κ2) is 9.99. The largest absolute Gasteiger partial charge is 0.394 e. The first-order valence-corrected chi connectivity index (χ1v) is 5.62. The summed E-state index contributed by atoms with van der Waals surface area (Å²) >= 11 is 0. The Morgan fingerprint density at radius 2 is 1.81 bits per heavy atom. The molecule has 0 aromatic rings. The summed E-state index contributed by atoms with van der Waals surface area (Å²) in [6.45, 7) is 4.98. The molecule has 0 amide bonds. The summed E-state index contributed by atoms with van der Waals surface area (Å²) in [6, 6.07) is 0. The minimum Gasteiger partial charge on any atom is -0.394 e. The maximum absolute atomic E-state index is 9.10. The van der Waals surface area contributed by atoms with Crippen LogP contribution >= 0.6 is 0 Å². The van der Waals surface area contributed by atoms with E-state index in [2.05, 4.69) is 5.32 Å². The number of hydrogen-bond acceptors (Lipinski definition) is 5. The van der Waals surface area contributed by atoms with Gasteiger partial charge in [-0.15, -0.1) is 0 Å². The minimum absolute atomic E-state index is 0.0538. The molecule has 98 valence electrons. The Morgan fingerprint density at radius 1 is 1.12 bits per heavy atom. The molecule has 0 spiro atoms. The predicted molar refractivity (Wildman–Crippen MR) is 62.7 cm³/mol. The molecule has 5 nitrogen and oxygen atoms in total. The van der Waals surface area contributed by atoms with Gasteiger partial charge in [0, 0.05) is 20.3 Å². The van der Waals surface area contributed by atoms with Crippen molar-refractivity contribution in [2.75, 3.05) is 53.8 Å². The van der Waals surface area contributed by atoms with Crippen LogP contribution in [0.2, 0.25) is 0 Å². The molecule has 1 atom stereocenters. The highest BCUT2D eigenvalue weighted by Crippen LogP contribution is 2.01. The first-order chi connectivity index (χ1) is 7.68. The number of ether oxygens (including phenoxy) is 3. The Hall–Kier alpha value is -0.200. The molecule has 0 aliphatic carbocycles. The molecule has 16 heavy (non-hydrogen) atoms. The Kier molecular flexibility index (Phi) is 9.86. The monoisotopic (exact) mass is 235 g/mol. The molecule has 0 aromatic heterocycles. The second-order valence-electron chi connectivity index (χ2n) is 3.98. The second-order valence-corrected chi connectivity index (χ2v) is 3.98. The van der Waals surface area contributed by atoms with E-state index in [1.807, 2.05) is 6.92 Å². The van der Waals surface area contributed by atoms with Crippen molar-refractivity contribution in [3.8, 4) is 0 Å². The van der Waals surface area contributed by atoms with Crippen molar-refractivity contribution < 1.29 is 19.3 Å². The number of methoxy groups -OCH3 is 1. The van der Waals surface area contributed by atoms with E-state index in [4.69, 9.17) is 19.3 Å². The lowest BCUT2D eigenvalue weighted by atomic mass is 10.1. The van der Waals surface area contributed by atoms with Crippen LogP contribution in [-0.4, -0.2) is 64.4 Å². The molecule has 0 rings (SSSR count). The molecular formula is C11H25NO4. The number of nitrogens with one attached hydrogen (secondary N) is 1. The lowest BCUT2D eigenvalue weighted by Crippen LogP contribution is -2.47. The third kappa shape index (κ3) is 8.01. The van der Waals surface area contributed by atoms with Crippen LogP contribution in [0.15, 0.2) is 0 Å². The van der Waals surface area contributed by atoms with Gasteiger partial charge in [-0.2, -0.15) is 0 Å². The highest BCUT2D eigenvalue weighted by molar-refractivity contribution is 4.79. The quantitative estimate of drug-likeness (QED) is 0.495. The number of hydrogen-bond donors (Lipinski definition) is 2. The van der Waals surface area contributed by atoms with Crippen LogP contribution in [0.5, 0.6) is 0 Å². The van der Waals surface area contributed by atoms with Crippen molar-refractivity contribution >= 4 is 0 Å². The van der Waals surface area contributed by atoms with E-state index in [1.165, 1.54) is 0 Å². The van der Waals surface area contributed by atoms with Gasteiger partial charge in [0.25, 0.3) is 0 Å². The van der Waals surface area contributed by atoms with Crippen LogP contribution in [-0.2, 0) is 14.2 Å². The summed E-state index contributed by atoms with van der Waals surface area (Å²) < 4.78 is 15.6. The van der Waals surface area contributed by atoms with Crippen molar-refractivity contribution in [1.82, 2.24) is 5.32 Å². The van der Waals surface area contributed by atoms with E-state index in [9.17, 15) is 0 Å². The molecule has 0 fully saturated rings. The van der Waals surface area contributed by atoms with Gasteiger partial charge in [0.1, 0.15) is 0 Å². The van der Waals surface area contributed by atoms with E-state index in [0.717, 1.165) is 13.0 Å². The molecule has 2 N–H and O–H groups in total. The van der Waals surface area contributed by atoms with Crippen LogP contribution < -0.4 is 5.32 Å². The molecule has 0 bridgehead atoms. The topological polar surface area (TPSA) is 60.0 Å². The van der Waals surface area contributed by atoms with E-state index in [-0.39, 0.29) is 12.1 Å². The van der Waals surface area contributed by atoms with Crippen LogP contribution in [0.1, 0.15) is 13.3 Å². The fraction of sp³-hybridized carbons (Fsp3) is 1.00. The molecule has 0 aliphatic heterocycles. The summed E-state index contributed by atoms with van der Waals surface area (Å²) in [6.07, 6.45) is 0.904. The van der Waals surface area contributed by atoms with E-state index in [1.54, 1.807) is 14.2 Å². The van der Waals surface area contributed by atoms with Crippen LogP contribution in [0.25, 0.3) is 0 Å². The standard InChI is InChI=1S/C11H25NO4/c1-11(9-13,12-2)10-16-8-7-15-6-4-5-14-3/h12-13H,4-10H2,1-3H3. The molecule has 0 saturated heterocycles. The summed E-state index contributed by atoms with van der Waals surface area (Å²) in [5, 5.41) is 12.1.